The molecule has 7 heteroatoms. The Labute approximate surface area is 119 Å². The number of carbonyl (C=O) groups is 1. The van der Waals surface area contributed by atoms with E-state index >= 15 is 0 Å². The van der Waals surface area contributed by atoms with Crippen LogP contribution in [0.4, 0.5) is 9.52 Å². The summed E-state index contributed by atoms with van der Waals surface area (Å²) < 4.78 is 23.5. The third kappa shape index (κ3) is 2.72. The third-order valence-electron chi connectivity index (χ3n) is 2.52. The van der Waals surface area contributed by atoms with Crippen molar-refractivity contribution in [1.29, 1.82) is 0 Å². The number of hydrogen-bond acceptors (Lipinski definition) is 6. The van der Waals surface area contributed by atoms with E-state index in [1.165, 1.54) is 25.3 Å². The summed E-state index contributed by atoms with van der Waals surface area (Å²) in [6.45, 7) is 1.93. The number of ether oxygens (including phenoxy) is 2. The van der Waals surface area contributed by atoms with E-state index in [4.69, 9.17) is 15.2 Å². The number of nitrogen functional groups attached to an aromatic ring is 1. The molecule has 1 aromatic heterocycles. The average molecular weight is 296 g/mol. The zero-order valence-corrected chi connectivity index (χ0v) is 11.8. The van der Waals surface area contributed by atoms with E-state index in [0.29, 0.717) is 11.3 Å². The van der Waals surface area contributed by atoms with Gasteiger partial charge in [0.2, 0.25) is 0 Å². The van der Waals surface area contributed by atoms with E-state index in [1.54, 1.807) is 6.92 Å². The summed E-state index contributed by atoms with van der Waals surface area (Å²) in [5.74, 6) is -0.590. The lowest BCUT2D eigenvalue weighted by Gasteiger charge is -2.08. The predicted octanol–water partition coefficient (Wildman–Crippen LogP) is 2.72. The zero-order chi connectivity index (χ0) is 14.7. The lowest BCUT2D eigenvalue weighted by molar-refractivity contribution is 0.0532. The van der Waals surface area contributed by atoms with Gasteiger partial charge in [-0.2, -0.15) is 0 Å². The number of anilines is 1. The second-order valence-electron chi connectivity index (χ2n) is 3.79. The summed E-state index contributed by atoms with van der Waals surface area (Å²) in [5, 5.41) is 0.203. The van der Waals surface area contributed by atoms with Gasteiger partial charge in [0.15, 0.2) is 5.13 Å². The van der Waals surface area contributed by atoms with Crippen LogP contribution in [-0.2, 0) is 4.74 Å². The Hall–Kier alpha value is -2.15. The van der Waals surface area contributed by atoms with Crippen molar-refractivity contribution in [2.45, 2.75) is 6.92 Å². The van der Waals surface area contributed by atoms with Crippen LogP contribution in [0, 0.1) is 5.82 Å². The number of nitrogens with two attached hydrogens (primary N) is 1. The molecule has 1 heterocycles. The monoisotopic (exact) mass is 296 g/mol. The highest BCUT2D eigenvalue weighted by atomic mass is 32.1. The molecule has 0 radical (unpaired) electrons. The molecule has 106 valence electrons. The number of nitrogens with zero attached hydrogens (tertiary/aromatic N) is 1. The van der Waals surface area contributed by atoms with Gasteiger partial charge in [0.1, 0.15) is 22.1 Å². The molecule has 0 fully saturated rings. The third-order valence-corrected chi connectivity index (χ3v) is 3.39. The van der Waals surface area contributed by atoms with Crippen molar-refractivity contribution in [3.05, 3.63) is 28.9 Å². The summed E-state index contributed by atoms with van der Waals surface area (Å²) in [5.41, 5.74) is 6.28. The lowest BCUT2D eigenvalue weighted by Crippen LogP contribution is -2.04. The van der Waals surface area contributed by atoms with Crippen molar-refractivity contribution >= 4 is 22.4 Å². The van der Waals surface area contributed by atoms with Gasteiger partial charge >= 0.3 is 5.97 Å². The molecule has 0 amide bonds. The first-order chi connectivity index (χ1) is 9.56. The van der Waals surface area contributed by atoms with Crippen LogP contribution in [-0.4, -0.2) is 24.7 Å². The molecular formula is C13H13FN2O3S. The highest BCUT2D eigenvalue weighted by molar-refractivity contribution is 7.17. The van der Waals surface area contributed by atoms with Crippen molar-refractivity contribution < 1.29 is 18.7 Å². The van der Waals surface area contributed by atoms with Gasteiger partial charge in [-0.3, -0.25) is 0 Å². The minimum absolute atomic E-state index is 0.203. The molecule has 0 saturated carbocycles. The highest BCUT2D eigenvalue weighted by Gasteiger charge is 2.22. The molecular weight excluding hydrogens is 283 g/mol. The number of carbonyl (C=O) groups excluding carboxylic acids is 1. The molecule has 0 bridgehead atoms. The van der Waals surface area contributed by atoms with E-state index in [9.17, 15) is 9.18 Å². The summed E-state index contributed by atoms with van der Waals surface area (Å²) in [6, 6.07) is 3.98. The van der Waals surface area contributed by atoms with Crippen LogP contribution in [0.3, 0.4) is 0 Å². The average Bonchev–Trinajstić information content (AvgIpc) is 2.81. The van der Waals surface area contributed by atoms with Gasteiger partial charge in [-0.25, -0.2) is 14.2 Å². The predicted molar refractivity (Wildman–Crippen MR) is 74.4 cm³/mol. The van der Waals surface area contributed by atoms with Crippen LogP contribution in [0.1, 0.15) is 16.6 Å². The maximum atomic E-state index is 13.4. The topological polar surface area (TPSA) is 74.4 Å². The Morgan fingerprint density at radius 1 is 1.50 bits per heavy atom. The maximum Gasteiger partial charge on any atom is 0.350 e. The second kappa shape index (κ2) is 5.87. The first kappa shape index (κ1) is 14.3. The van der Waals surface area contributed by atoms with Crippen molar-refractivity contribution in [3.8, 4) is 17.0 Å². The molecule has 5 nitrogen and oxygen atoms in total. The first-order valence-electron chi connectivity index (χ1n) is 5.84. The van der Waals surface area contributed by atoms with E-state index in [0.717, 1.165) is 11.3 Å². The number of benzene rings is 1. The fourth-order valence-corrected chi connectivity index (χ4v) is 2.46. The van der Waals surface area contributed by atoms with Crippen molar-refractivity contribution in [2.75, 3.05) is 19.5 Å². The Morgan fingerprint density at radius 2 is 2.25 bits per heavy atom. The smallest absolute Gasteiger partial charge is 0.350 e. The maximum absolute atomic E-state index is 13.4. The van der Waals surface area contributed by atoms with Gasteiger partial charge in [-0.1, -0.05) is 11.3 Å². The van der Waals surface area contributed by atoms with Crippen LogP contribution >= 0.6 is 11.3 Å². The Balaban J connectivity index is 2.58. The number of thiazole rings is 1. The highest BCUT2D eigenvalue weighted by Crippen LogP contribution is 2.36. The van der Waals surface area contributed by atoms with Crippen LogP contribution in [0.25, 0.3) is 11.3 Å². The Kier molecular flexibility index (Phi) is 4.19. The normalized spacial score (nSPS) is 10.3. The number of aromatic nitrogens is 1. The quantitative estimate of drug-likeness (QED) is 0.878. The molecule has 0 spiro atoms. The van der Waals surface area contributed by atoms with Gasteiger partial charge in [0, 0.05) is 5.56 Å². The minimum Gasteiger partial charge on any atom is -0.496 e. The number of methoxy groups -OCH3 is 1. The molecule has 2 rings (SSSR count). The van der Waals surface area contributed by atoms with Gasteiger partial charge < -0.3 is 15.2 Å². The fraction of sp³-hybridized carbons (Fsp3) is 0.231. The SMILES string of the molecule is CCOC(=O)c1sc(N)nc1-c1cc(F)ccc1OC. The molecule has 0 atom stereocenters. The summed E-state index contributed by atoms with van der Waals surface area (Å²) in [7, 11) is 1.45. The van der Waals surface area contributed by atoms with Crippen LogP contribution in [0.15, 0.2) is 18.2 Å². The lowest BCUT2D eigenvalue weighted by atomic mass is 10.1. The zero-order valence-electron chi connectivity index (χ0n) is 11.0. The van der Waals surface area contributed by atoms with Crippen LogP contribution in [0.2, 0.25) is 0 Å². The van der Waals surface area contributed by atoms with Crippen molar-refractivity contribution in [2.24, 2.45) is 0 Å². The first-order valence-corrected chi connectivity index (χ1v) is 6.65. The van der Waals surface area contributed by atoms with E-state index in [-0.39, 0.29) is 22.3 Å². The van der Waals surface area contributed by atoms with Gasteiger partial charge in [0.05, 0.1) is 13.7 Å². The van der Waals surface area contributed by atoms with Crippen LogP contribution < -0.4 is 10.5 Å². The molecule has 2 aromatic rings. The largest absolute Gasteiger partial charge is 0.496 e. The van der Waals surface area contributed by atoms with Gasteiger partial charge in [-0.15, -0.1) is 0 Å². The summed E-state index contributed by atoms with van der Waals surface area (Å²) in [6.07, 6.45) is 0. The van der Waals surface area contributed by atoms with E-state index < -0.39 is 11.8 Å². The molecule has 0 aliphatic rings. The molecule has 0 aliphatic heterocycles. The Morgan fingerprint density at radius 3 is 2.90 bits per heavy atom. The van der Waals surface area contributed by atoms with E-state index in [1.807, 2.05) is 0 Å². The second-order valence-corrected chi connectivity index (χ2v) is 4.83. The number of hydrogen-bond donors (Lipinski definition) is 1. The molecule has 2 N–H and O–H groups in total. The summed E-state index contributed by atoms with van der Waals surface area (Å²) in [4.78, 5) is 16.2. The fourth-order valence-electron chi connectivity index (χ4n) is 1.72. The van der Waals surface area contributed by atoms with E-state index in [2.05, 4.69) is 4.98 Å². The number of esters is 1. The molecule has 20 heavy (non-hydrogen) atoms. The van der Waals surface area contributed by atoms with Crippen molar-refractivity contribution in [3.63, 3.8) is 0 Å². The Bertz CT molecular complexity index is 643. The molecule has 0 unspecified atom stereocenters. The summed E-state index contributed by atoms with van der Waals surface area (Å²) >= 11 is 0.996. The molecule has 1 aromatic carbocycles. The number of rotatable bonds is 4. The van der Waals surface area contributed by atoms with Gasteiger partial charge in [-0.05, 0) is 25.1 Å². The number of halogens is 1. The molecule has 0 aliphatic carbocycles. The minimum atomic E-state index is -0.539. The van der Waals surface area contributed by atoms with Crippen LogP contribution in [0.5, 0.6) is 5.75 Å². The molecule has 0 saturated heterocycles. The van der Waals surface area contributed by atoms with Gasteiger partial charge in [0.25, 0.3) is 0 Å². The van der Waals surface area contributed by atoms with Crippen molar-refractivity contribution in [1.82, 2.24) is 4.98 Å². The standard InChI is InChI=1S/C13H13FN2O3S/c1-3-19-12(17)11-10(16-13(15)20-11)8-6-7(14)4-5-9(8)18-2/h4-6H,3H2,1-2H3,(H2,15,16).